The Labute approximate surface area is 104 Å². The maximum Gasteiger partial charge on any atom is 0.280 e. The van der Waals surface area contributed by atoms with Crippen molar-refractivity contribution in [1.29, 1.82) is 5.26 Å². The van der Waals surface area contributed by atoms with Crippen LogP contribution in [-0.2, 0) is 24.1 Å². The van der Waals surface area contributed by atoms with E-state index in [2.05, 4.69) is 14.9 Å². The molecule has 18 heavy (non-hydrogen) atoms. The average molecular weight is 266 g/mol. The summed E-state index contributed by atoms with van der Waals surface area (Å²) in [4.78, 5) is 0. The van der Waals surface area contributed by atoms with Gasteiger partial charge < -0.3 is 0 Å². The molecule has 0 bridgehead atoms. The van der Waals surface area contributed by atoms with Crippen LogP contribution in [0.5, 0.6) is 0 Å². The van der Waals surface area contributed by atoms with E-state index in [0.717, 1.165) is 0 Å². The molecule has 0 aliphatic carbocycles. The molecule has 0 aromatic carbocycles. The second kappa shape index (κ2) is 4.15. The second-order valence-corrected chi connectivity index (χ2v) is 5.17. The Morgan fingerprint density at radius 1 is 1.33 bits per heavy atom. The third-order valence-electron chi connectivity index (χ3n) is 2.34. The molecule has 1 N–H and O–H groups in total. The summed E-state index contributed by atoms with van der Waals surface area (Å²) < 4.78 is 29.0. The maximum absolute atomic E-state index is 12.1. The Morgan fingerprint density at radius 2 is 2.06 bits per heavy atom. The van der Waals surface area contributed by atoms with Gasteiger partial charge in [0.15, 0.2) is 10.8 Å². The summed E-state index contributed by atoms with van der Waals surface area (Å²) in [6.07, 6.45) is 2.67. The van der Waals surface area contributed by atoms with Crippen LogP contribution in [0, 0.1) is 11.3 Å². The van der Waals surface area contributed by atoms with Gasteiger partial charge in [0.25, 0.3) is 10.0 Å². The molecule has 0 radical (unpaired) electrons. The van der Waals surface area contributed by atoms with Crippen molar-refractivity contribution in [2.75, 3.05) is 4.72 Å². The zero-order valence-electron chi connectivity index (χ0n) is 9.69. The summed E-state index contributed by atoms with van der Waals surface area (Å²) in [5, 5.41) is 16.5. The van der Waals surface area contributed by atoms with Gasteiger partial charge in [-0.05, 0) is 6.07 Å². The number of nitrogens with one attached hydrogen (secondary N) is 1. The van der Waals surface area contributed by atoms with Crippen molar-refractivity contribution in [1.82, 2.24) is 19.6 Å². The Bertz CT molecular complexity index is 721. The highest BCUT2D eigenvalue weighted by atomic mass is 32.2. The number of rotatable bonds is 3. The predicted molar refractivity (Wildman–Crippen MR) is 61.9 cm³/mol. The van der Waals surface area contributed by atoms with E-state index >= 15 is 0 Å². The topological polar surface area (TPSA) is 106 Å². The molecule has 2 heterocycles. The van der Waals surface area contributed by atoms with E-state index in [9.17, 15) is 8.42 Å². The quantitative estimate of drug-likeness (QED) is 0.830. The molecule has 2 aromatic heterocycles. The van der Waals surface area contributed by atoms with E-state index in [0.29, 0.717) is 0 Å². The van der Waals surface area contributed by atoms with Crippen molar-refractivity contribution in [3.05, 3.63) is 24.0 Å². The standard InChI is InChI=1S/C9H10N6O2S/c1-14-8(3-4-11-14)18(16,17)13-9-7(5-10)6-12-15(9)2/h3-4,6,13H,1-2H3. The first kappa shape index (κ1) is 12.1. The Morgan fingerprint density at radius 3 is 2.61 bits per heavy atom. The van der Waals surface area contributed by atoms with Gasteiger partial charge in [-0.2, -0.15) is 23.9 Å². The molecule has 94 valence electrons. The number of hydrogen-bond acceptors (Lipinski definition) is 5. The van der Waals surface area contributed by atoms with E-state index in [1.54, 1.807) is 7.05 Å². The summed E-state index contributed by atoms with van der Waals surface area (Å²) in [7, 11) is -0.727. The zero-order valence-corrected chi connectivity index (χ0v) is 10.5. The fraction of sp³-hybridized carbons (Fsp3) is 0.222. The molecule has 0 amide bonds. The van der Waals surface area contributed by atoms with E-state index in [1.165, 1.54) is 34.9 Å². The highest BCUT2D eigenvalue weighted by Crippen LogP contribution is 2.18. The molecule has 0 aliphatic heterocycles. The van der Waals surface area contributed by atoms with Gasteiger partial charge in [0.1, 0.15) is 11.6 Å². The van der Waals surface area contributed by atoms with Crippen LogP contribution in [0.3, 0.4) is 0 Å². The lowest BCUT2D eigenvalue weighted by Gasteiger charge is -2.08. The van der Waals surface area contributed by atoms with Crippen LogP contribution in [0.15, 0.2) is 23.5 Å². The van der Waals surface area contributed by atoms with Crippen LogP contribution in [-0.4, -0.2) is 28.0 Å². The normalized spacial score (nSPS) is 11.2. The second-order valence-electron chi connectivity index (χ2n) is 3.54. The van der Waals surface area contributed by atoms with Gasteiger partial charge in [-0.25, -0.2) is 0 Å². The molecule has 0 fully saturated rings. The molecular weight excluding hydrogens is 256 g/mol. The molecule has 0 aliphatic rings. The molecule has 2 aromatic rings. The van der Waals surface area contributed by atoms with Gasteiger partial charge in [-0.15, -0.1) is 0 Å². The van der Waals surface area contributed by atoms with Crippen LogP contribution < -0.4 is 4.72 Å². The number of aryl methyl sites for hydroxylation is 2. The molecule has 0 atom stereocenters. The van der Waals surface area contributed by atoms with Crippen molar-refractivity contribution in [3.63, 3.8) is 0 Å². The van der Waals surface area contributed by atoms with Gasteiger partial charge in [-0.1, -0.05) is 0 Å². The smallest absolute Gasteiger partial charge is 0.261 e. The number of nitrogens with zero attached hydrogens (tertiary/aromatic N) is 5. The van der Waals surface area contributed by atoms with Crippen LogP contribution in [0.4, 0.5) is 5.82 Å². The summed E-state index contributed by atoms with van der Waals surface area (Å²) in [6, 6.07) is 3.23. The monoisotopic (exact) mass is 266 g/mol. The minimum Gasteiger partial charge on any atom is -0.261 e. The first-order chi connectivity index (χ1) is 8.45. The Hall–Kier alpha value is -2.34. The molecule has 0 unspecified atom stereocenters. The van der Waals surface area contributed by atoms with Gasteiger partial charge >= 0.3 is 0 Å². The number of sulfonamides is 1. The zero-order chi connectivity index (χ0) is 13.3. The number of hydrogen-bond donors (Lipinski definition) is 1. The minimum atomic E-state index is -3.79. The fourth-order valence-corrected chi connectivity index (χ4v) is 2.68. The third-order valence-corrected chi connectivity index (χ3v) is 3.75. The van der Waals surface area contributed by atoms with Crippen LogP contribution >= 0.6 is 0 Å². The fourth-order valence-electron chi connectivity index (χ4n) is 1.45. The van der Waals surface area contributed by atoms with Gasteiger partial charge in [0.05, 0.1) is 12.4 Å². The predicted octanol–water partition coefficient (Wildman–Crippen LogP) is -0.174. The maximum atomic E-state index is 12.1. The van der Waals surface area contributed by atoms with E-state index in [-0.39, 0.29) is 16.4 Å². The van der Waals surface area contributed by atoms with E-state index < -0.39 is 10.0 Å². The first-order valence-corrected chi connectivity index (χ1v) is 6.37. The highest BCUT2D eigenvalue weighted by Gasteiger charge is 2.21. The average Bonchev–Trinajstić information content (AvgIpc) is 2.87. The summed E-state index contributed by atoms with van der Waals surface area (Å²) in [5.74, 6) is 0.124. The number of nitriles is 1. The molecule has 0 saturated heterocycles. The molecule has 8 nitrogen and oxygen atoms in total. The lowest BCUT2D eigenvalue weighted by atomic mass is 10.4. The Kier molecular flexibility index (Phi) is 2.80. The van der Waals surface area contributed by atoms with Crippen molar-refractivity contribution >= 4 is 15.8 Å². The van der Waals surface area contributed by atoms with Crippen LogP contribution in [0.25, 0.3) is 0 Å². The number of aromatic nitrogens is 4. The highest BCUT2D eigenvalue weighted by molar-refractivity contribution is 7.92. The molecule has 0 spiro atoms. The lowest BCUT2D eigenvalue weighted by molar-refractivity contribution is 0.581. The summed E-state index contributed by atoms with van der Waals surface area (Å²) in [6.45, 7) is 0. The van der Waals surface area contributed by atoms with Gasteiger partial charge in [-0.3, -0.25) is 14.1 Å². The minimum absolute atomic E-state index is 0.00703. The van der Waals surface area contributed by atoms with E-state index in [4.69, 9.17) is 5.26 Å². The number of anilines is 1. The van der Waals surface area contributed by atoms with Crippen LogP contribution in [0.2, 0.25) is 0 Å². The van der Waals surface area contributed by atoms with Crippen molar-refractivity contribution in [2.45, 2.75) is 5.03 Å². The lowest BCUT2D eigenvalue weighted by Crippen LogP contribution is -2.19. The molecular formula is C9H10N6O2S. The molecule has 2 rings (SSSR count). The van der Waals surface area contributed by atoms with Crippen molar-refractivity contribution in [3.8, 4) is 6.07 Å². The summed E-state index contributed by atoms with van der Waals surface area (Å²) >= 11 is 0. The van der Waals surface area contributed by atoms with E-state index in [1.807, 2.05) is 6.07 Å². The van der Waals surface area contributed by atoms with Gasteiger partial charge in [0, 0.05) is 14.1 Å². The van der Waals surface area contributed by atoms with Crippen molar-refractivity contribution in [2.24, 2.45) is 14.1 Å². The Balaban J connectivity index is 2.44. The van der Waals surface area contributed by atoms with Crippen molar-refractivity contribution < 1.29 is 8.42 Å². The summed E-state index contributed by atoms with van der Waals surface area (Å²) in [5.41, 5.74) is 0.156. The van der Waals surface area contributed by atoms with Crippen LogP contribution in [0.1, 0.15) is 5.56 Å². The third kappa shape index (κ3) is 1.93. The molecule has 9 heteroatoms. The van der Waals surface area contributed by atoms with Gasteiger partial charge in [0.2, 0.25) is 0 Å². The first-order valence-electron chi connectivity index (χ1n) is 4.88. The largest absolute Gasteiger partial charge is 0.280 e. The molecule has 0 saturated carbocycles. The SMILES string of the molecule is Cn1nccc1S(=O)(=O)Nc1c(C#N)cnn1C.